The van der Waals surface area contributed by atoms with Crippen molar-refractivity contribution in [2.45, 2.75) is 6.92 Å². The van der Waals surface area contributed by atoms with Gasteiger partial charge in [0.1, 0.15) is 16.6 Å². The highest BCUT2D eigenvalue weighted by atomic mass is 32.1. The Kier molecular flexibility index (Phi) is 4.45. The maximum absolute atomic E-state index is 13.3. The van der Waals surface area contributed by atoms with Crippen LogP contribution >= 0.6 is 12.2 Å². The van der Waals surface area contributed by atoms with Crippen molar-refractivity contribution >= 4 is 17.2 Å². The number of ether oxygens (including phenoxy) is 2. The van der Waals surface area contributed by atoms with Gasteiger partial charge in [0.25, 0.3) is 0 Å². The zero-order valence-electron chi connectivity index (χ0n) is 8.33. The molecule has 1 aromatic rings. The minimum absolute atomic E-state index is 0.0314. The molecule has 1 aromatic carbocycles. The predicted molar refractivity (Wildman–Crippen MR) is 59.4 cm³/mol. The van der Waals surface area contributed by atoms with Crippen LogP contribution < -0.4 is 10.5 Å². The van der Waals surface area contributed by atoms with E-state index in [9.17, 15) is 4.39 Å². The third-order valence-corrected chi connectivity index (χ3v) is 1.94. The van der Waals surface area contributed by atoms with Crippen molar-refractivity contribution in [3.63, 3.8) is 0 Å². The lowest BCUT2D eigenvalue weighted by Crippen LogP contribution is -2.11. The van der Waals surface area contributed by atoms with E-state index in [1.165, 1.54) is 12.1 Å². The summed E-state index contributed by atoms with van der Waals surface area (Å²) >= 11 is 4.67. The van der Waals surface area contributed by atoms with Gasteiger partial charge in [0.15, 0.2) is 6.79 Å². The van der Waals surface area contributed by atoms with Crippen LogP contribution in [0.2, 0.25) is 0 Å². The van der Waals surface area contributed by atoms with Crippen molar-refractivity contribution in [2.24, 2.45) is 5.73 Å². The van der Waals surface area contributed by atoms with Crippen LogP contribution in [0.15, 0.2) is 18.2 Å². The molecular weight excluding hydrogens is 217 g/mol. The molecule has 0 bridgehead atoms. The zero-order chi connectivity index (χ0) is 11.3. The average molecular weight is 229 g/mol. The summed E-state index contributed by atoms with van der Waals surface area (Å²) in [5.74, 6) is -0.0996. The lowest BCUT2D eigenvalue weighted by molar-refractivity contribution is 0.0222. The van der Waals surface area contributed by atoms with Gasteiger partial charge in [-0.2, -0.15) is 0 Å². The molecule has 0 fully saturated rings. The summed E-state index contributed by atoms with van der Waals surface area (Å²) in [5.41, 5.74) is 5.53. The van der Waals surface area contributed by atoms with Crippen LogP contribution in [0.3, 0.4) is 0 Å². The van der Waals surface area contributed by atoms with Gasteiger partial charge in [-0.1, -0.05) is 12.2 Å². The average Bonchev–Trinajstić information content (AvgIpc) is 2.17. The smallest absolute Gasteiger partial charge is 0.189 e. The summed E-state index contributed by atoms with van der Waals surface area (Å²) < 4.78 is 23.4. The van der Waals surface area contributed by atoms with E-state index in [1.807, 2.05) is 6.92 Å². The van der Waals surface area contributed by atoms with Gasteiger partial charge in [-0.15, -0.1) is 0 Å². The number of rotatable bonds is 5. The summed E-state index contributed by atoms with van der Waals surface area (Å²) in [6, 6.07) is 4.31. The van der Waals surface area contributed by atoms with Crippen molar-refractivity contribution in [1.29, 1.82) is 0 Å². The first kappa shape index (κ1) is 11.9. The van der Waals surface area contributed by atoms with Gasteiger partial charge in [-0.3, -0.25) is 0 Å². The summed E-state index contributed by atoms with van der Waals surface area (Å²) in [7, 11) is 0. The first-order chi connectivity index (χ1) is 7.15. The van der Waals surface area contributed by atoms with Crippen molar-refractivity contribution in [2.75, 3.05) is 13.4 Å². The van der Waals surface area contributed by atoms with E-state index >= 15 is 0 Å². The van der Waals surface area contributed by atoms with Crippen molar-refractivity contribution in [3.05, 3.63) is 29.6 Å². The number of hydrogen-bond donors (Lipinski definition) is 1. The van der Waals surface area contributed by atoms with E-state index < -0.39 is 5.82 Å². The zero-order valence-corrected chi connectivity index (χ0v) is 9.14. The molecule has 0 aliphatic carbocycles. The second-order valence-corrected chi connectivity index (χ2v) is 3.20. The van der Waals surface area contributed by atoms with E-state index in [1.54, 1.807) is 6.07 Å². The molecule has 0 aliphatic rings. The van der Waals surface area contributed by atoms with Gasteiger partial charge in [0.2, 0.25) is 0 Å². The number of hydrogen-bond acceptors (Lipinski definition) is 3. The van der Waals surface area contributed by atoms with Crippen LogP contribution in [0.4, 0.5) is 4.39 Å². The molecule has 0 amide bonds. The molecule has 0 saturated heterocycles. The largest absolute Gasteiger partial charge is 0.467 e. The van der Waals surface area contributed by atoms with Crippen LogP contribution in [-0.4, -0.2) is 18.4 Å². The molecule has 0 saturated carbocycles. The Labute approximate surface area is 93.0 Å². The molecule has 1 rings (SSSR count). The summed E-state index contributed by atoms with van der Waals surface area (Å²) in [6.07, 6.45) is 0. The minimum Gasteiger partial charge on any atom is -0.467 e. The third kappa shape index (κ3) is 3.45. The van der Waals surface area contributed by atoms with Crippen molar-refractivity contribution in [1.82, 2.24) is 0 Å². The molecule has 2 N–H and O–H groups in total. The first-order valence-electron chi connectivity index (χ1n) is 4.45. The Morgan fingerprint density at radius 3 is 2.80 bits per heavy atom. The fraction of sp³-hybridized carbons (Fsp3) is 0.300. The normalized spacial score (nSPS) is 10.0. The highest BCUT2D eigenvalue weighted by molar-refractivity contribution is 7.80. The molecular formula is C10H12FNO2S. The van der Waals surface area contributed by atoms with Crippen molar-refractivity contribution < 1.29 is 13.9 Å². The predicted octanol–water partition coefficient (Wildman–Crippen LogP) is 1.83. The molecule has 0 spiro atoms. The minimum atomic E-state index is -0.489. The molecule has 0 unspecified atom stereocenters. The van der Waals surface area contributed by atoms with E-state index in [0.717, 1.165) is 0 Å². The number of benzene rings is 1. The molecule has 0 radical (unpaired) electrons. The van der Waals surface area contributed by atoms with Crippen molar-refractivity contribution in [3.8, 4) is 5.75 Å². The van der Waals surface area contributed by atoms with Gasteiger partial charge >= 0.3 is 0 Å². The Bertz CT molecular complexity index is 357. The molecule has 5 heteroatoms. The molecule has 3 nitrogen and oxygen atoms in total. The lowest BCUT2D eigenvalue weighted by Gasteiger charge is -2.07. The first-order valence-corrected chi connectivity index (χ1v) is 4.86. The number of halogens is 1. The quantitative estimate of drug-likeness (QED) is 0.475. The molecule has 0 aromatic heterocycles. The van der Waals surface area contributed by atoms with Crippen LogP contribution in [0.1, 0.15) is 12.5 Å². The highest BCUT2D eigenvalue weighted by Gasteiger charge is 2.06. The fourth-order valence-electron chi connectivity index (χ4n) is 0.978. The topological polar surface area (TPSA) is 44.5 Å². The van der Waals surface area contributed by atoms with Crippen LogP contribution in [0.25, 0.3) is 0 Å². The summed E-state index contributed by atoms with van der Waals surface area (Å²) in [4.78, 5) is 0.0314. The maximum atomic E-state index is 13.3. The van der Waals surface area contributed by atoms with E-state index in [-0.39, 0.29) is 17.3 Å². The lowest BCUT2D eigenvalue weighted by atomic mass is 10.2. The number of nitrogens with two attached hydrogens (primary N) is 1. The second kappa shape index (κ2) is 5.63. The van der Waals surface area contributed by atoms with E-state index in [2.05, 4.69) is 12.2 Å². The monoisotopic (exact) mass is 229 g/mol. The van der Waals surface area contributed by atoms with Gasteiger partial charge in [0, 0.05) is 18.2 Å². The van der Waals surface area contributed by atoms with Gasteiger partial charge < -0.3 is 15.2 Å². The Morgan fingerprint density at radius 1 is 1.53 bits per heavy atom. The number of thiocarbonyl (C=S) groups is 1. The van der Waals surface area contributed by atoms with Crippen LogP contribution in [0, 0.1) is 5.82 Å². The Balaban J connectivity index is 2.69. The Hall–Kier alpha value is -1.20. The molecule has 0 heterocycles. The summed E-state index contributed by atoms with van der Waals surface area (Å²) in [5, 5.41) is 0. The standard InChI is InChI=1S/C10H12FNO2S/c1-2-13-6-14-7-3-4-8(10(12)15)9(11)5-7/h3-5H,2,6H2,1H3,(H2,12,15). The van der Waals surface area contributed by atoms with E-state index in [0.29, 0.717) is 12.4 Å². The fourth-order valence-corrected chi connectivity index (χ4v) is 1.14. The SMILES string of the molecule is CCOCOc1ccc(C(N)=S)c(F)c1. The van der Waals surface area contributed by atoms with E-state index in [4.69, 9.17) is 15.2 Å². The molecule has 0 atom stereocenters. The molecule has 82 valence electrons. The third-order valence-electron chi connectivity index (χ3n) is 1.72. The van der Waals surface area contributed by atoms with Gasteiger partial charge in [0.05, 0.1) is 0 Å². The van der Waals surface area contributed by atoms with Gasteiger partial charge in [-0.25, -0.2) is 4.39 Å². The highest BCUT2D eigenvalue weighted by Crippen LogP contribution is 2.16. The Morgan fingerprint density at radius 2 is 2.27 bits per heavy atom. The molecule has 15 heavy (non-hydrogen) atoms. The summed E-state index contributed by atoms with van der Waals surface area (Å²) in [6.45, 7) is 2.50. The van der Waals surface area contributed by atoms with Gasteiger partial charge in [-0.05, 0) is 19.1 Å². The molecule has 0 aliphatic heterocycles. The van der Waals surface area contributed by atoms with Crippen LogP contribution in [0.5, 0.6) is 5.75 Å². The second-order valence-electron chi connectivity index (χ2n) is 2.76. The maximum Gasteiger partial charge on any atom is 0.189 e. The van der Waals surface area contributed by atoms with Crippen LogP contribution in [-0.2, 0) is 4.74 Å².